The number of hydrogen-bond donors (Lipinski definition) is 1. The van der Waals surface area contributed by atoms with Crippen LogP contribution in [0, 0.1) is 0 Å². The van der Waals surface area contributed by atoms with Crippen molar-refractivity contribution in [1.29, 1.82) is 0 Å². The summed E-state index contributed by atoms with van der Waals surface area (Å²) in [5.74, 6) is 0. The molecule has 2 rings (SSSR count). The Balaban J connectivity index is 1.88. The average Bonchev–Trinajstić information content (AvgIpc) is 2.84. The maximum atomic E-state index is 12.3. The summed E-state index contributed by atoms with van der Waals surface area (Å²) < 4.78 is 36.9. The van der Waals surface area contributed by atoms with Gasteiger partial charge in [-0.05, 0) is 22.4 Å². The zero-order chi connectivity index (χ0) is 13.9. The van der Waals surface area contributed by atoms with Crippen molar-refractivity contribution in [3.63, 3.8) is 0 Å². The number of nitrogens with two attached hydrogens (primary N) is 1. The quantitative estimate of drug-likeness (QED) is 0.920. The Morgan fingerprint density at radius 1 is 1.26 bits per heavy atom. The SMILES string of the molecule is NCC(c1ccsc1)N1CCN(CC(F)(F)F)CC1. The highest BCUT2D eigenvalue weighted by atomic mass is 32.1. The van der Waals surface area contributed by atoms with Crippen LogP contribution in [0.4, 0.5) is 13.2 Å². The average molecular weight is 293 g/mol. The molecule has 19 heavy (non-hydrogen) atoms. The molecule has 0 radical (unpaired) electrons. The maximum absolute atomic E-state index is 12.3. The molecule has 0 saturated carbocycles. The van der Waals surface area contributed by atoms with Crippen molar-refractivity contribution in [2.75, 3.05) is 39.3 Å². The minimum Gasteiger partial charge on any atom is -0.329 e. The zero-order valence-corrected chi connectivity index (χ0v) is 11.4. The number of halogens is 3. The Bertz CT molecular complexity index is 372. The summed E-state index contributed by atoms with van der Waals surface area (Å²) in [5, 5.41) is 4.05. The van der Waals surface area contributed by atoms with E-state index in [2.05, 4.69) is 10.3 Å². The number of alkyl halides is 3. The molecule has 2 N–H and O–H groups in total. The van der Waals surface area contributed by atoms with Gasteiger partial charge in [0, 0.05) is 38.8 Å². The monoisotopic (exact) mass is 293 g/mol. The third kappa shape index (κ3) is 4.17. The highest BCUT2D eigenvalue weighted by Gasteiger charge is 2.33. The van der Waals surface area contributed by atoms with Gasteiger partial charge < -0.3 is 5.73 Å². The molecule has 1 aliphatic heterocycles. The van der Waals surface area contributed by atoms with Crippen LogP contribution >= 0.6 is 11.3 Å². The van der Waals surface area contributed by atoms with Crippen LogP contribution in [0.25, 0.3) is 0 Å². The summed E-state index contributed by atoms with van der Waals surface area (Å²) in [6.45, 7) is 1.84. The van der Waals surface area contributed by atoms with Gasteiger partial charge in [0.15, 0.2) is 0 Å². The van der Waals surface area contributed by atoms with Gasteiger partial charge in [0.1, 0.15) is 0 Å². The van der Waals surface area contributed by atoms with E-state index in [9.17, 15) is 13.2 Å². The molecule has 1 atom stereocenters. The number of nitrogens with zero attached hydrogens (tertiary/aromatic N) is 2. The Hall–Kier alpha value is -0.630. The van der Waals surface area contributed by atoms with Crippen LogP contribution in [0.3, 0.4) is 0 Å². The van der Waals surface area contributed by atoms with Crippen LogP contribution in [-0.2, 0) is 0 Å². The highest BCUT2D eigenvalue weighted by Crippen LogP contribution is 2.24. The maximum Gasteiger partial charge on any atom is 0.401 e. The van der Waals surface area contributed by atoms with Gasteiger partial charge in [-0.1, -0.05) is 0 Å². The van der Waals surface area contributed by atoms with E-state index in [-0.39, 0.29) is 6.04 Å². The molecule has 1 saturated heterocycles. The lowest BCUT2D eigenvalue weighted by Gasteiger charge is -2.39. The molecular weight excluding hydrogens is 275 g/mol. The second-order valence-electron chi connectivity index (χ2n) is 4.74. The van der Waals surface area contributed by atoms with Gasteiger partial charge >= 0.3 is 6.18 Å². The number of rotatable bonds is 4. The molecular formula is C12H18F3N3S. The van der Waals surface area contributed by atoms with Crippen LogP contribution in [-0.4, -0.2) is 55.2 Å². The first-order valence-corrected chi connectivity index (χ1v) is 7.19. The third-order valence-electron chi connectivity index (χ3n) is 3.40. The van der Waals surface area contributed by atoms with Crippen molar-refractivity contribution >= 4 is 11.3 Å². The molecule has 0 spiro atoms. The van der Waals surface area contributed by atoms with Crippen LogP contribution in [0.2, 0.25) is 0 Å². The summed E-state index contributed by atoms with van der Waals surface area (Å²) in [6, 6.07) is 2.16. The highest BCUT2D eigenvalue weighted by molar-refractivity contribution is 7.07. The number of hydrogen-bond acceptors (Lipinski definition) is 4. The van der Waals surface area contributed by atoms with Crippen molar-refractivity contribution in [3.05, 3.63) is 22.4 Å². The van der Waals surface area contributed by atoms with Gasteiger partial charge in [-0.2, -0.15) is 24.5 Å². The van der Waals surface area contributed by atoms with Crippen molar-refractivity contribution in [2.24, 2.45) is 5.73 Å². The van der Waals surface area contributed by atoms with E-state index in [0.29, 0.717) is 32.7 Å². The van der Waals surface area contributed by atoms with Crippen LogP contribution in [0.5, 0.6) is 0 Å². The fourth-order valence-electron chi connectivity index (χ4n) is 2.45. The van der Waals surface area contributed by atoms with Gasteiger partial charge in [-0.15, -0.1) is 0 Å². The lowest BCUT2D eigenvalue weighted by Crippen LogP contribution is -2.51. The Morgan fingerprint density at radius 2 is 1.95 bits per heavy atom. The Kier molecular flexibility index (Phi) is 4.83. The fraction of sp³-hybridized carbons (Fsp3) is 0.667. The summed E-state index contributed by atoms with van der Waals surface area (Å²) in [6.07, 6.45) is -4.11. The van der Waals surface area contributed by atoms with E-state index >= 15 is 0 Å². The number of piperazine rings is 1. The molecule has 7 heteroatoms. The normalized spacial score (nSPS) is 20.6. The van der Waals surface area contributed by atoms with E-state index < -0.39 is 12.7 Å². The molecule has 1 aromatic heterocycles. The van der Waals surface area contributed by atoms with Crippen molar-refractivity contribution in [3.8, 4) is 0 Å². The Labute approximate surface area is 114 Å². The van der Waals surface area contributed by atoms with E-state index in [1.54, 1.807) is 11.3 Å². The summed E-state index contributed by atoms with van der Waals surface area (Å²) in [7, 11) is 0. The first kappa shape index (κ1) is 14.8. The molecule has 108 valence electrons. The van der Waals surface area contributed by atoms with Crippen molar-refractivity contribution in [1.82, 2.24) is 9.80 Å². The molecule has 1 aromatic rings. The molecule has 3 nitrogen and oxygen atoms in total. The third-order valence-corrected chi connectivity index (χ3v) is 4.10. The minimum atomic E-state index is -4.11. The molecule has 0 bridgehead atoms. The summed E-state index contributed by atoms with van der Waals surface area (Å²) >= 11 is 1.61. The molecule has 0 aromatic carbocycles. The molecule has 1 aliphatic rings. The lowest BCUT2D eigenvalue weighted by molar-refractivity contribution is -0.149. The molecule has 0 aliphatic carbocycles. The summed E-state index contributed by atoms with van der Waals surface area (Å²) in [4.78, 5) is 3.63. The molecule has 2 heterocycles. The fourth-order valence-corrected chi connectivity index (χ4v) is 3.15. The van der Waals surface area contributed by atoms with Crippen molar-refractivity contribution < 1.29 is 13.2 Å². The Morgan fingerprint density at radius 3 is 2.42 bits per heavy atom. The smallest absolute Gasteiger partial charge is 0.329 e. The minimum absolute atomic E-state index is 0.124. The van der Waals surface area contributed by atoms with Gasteiger partial charge in [0.2, 0.25) is 0 Å². The predicted octanol–water partition coefficient (Wildman–Crippen LogP) is 1.93. The molecule has 1 fully saturated rings. The standard InChI is InChI=1S/C12H18F3N3S/c13-12(14,15)9-17-2-4-18(5-3-17)11(7-16)10-1-6-19-8-10/h1,6,8,11H,2-5,7,9,16H2. The van der Waals surface area contributed by atoms with Crippen LogP contribution < -0.4 is 5.73 Å². The van der Waals surface area contributed by atoms with Gasteiger partial charge in [0.05, 0.1) is 6.54 Å². The molecule has 1 unspecified atom stereocenters. The van der Waals surface area contributed by atoms with E-state index in [0.717, 1.165) is 5.56 Å². The predicted molar refractivity (Wildman–Crippen MR) is 70.2 cm³/mol. The zero-order valence-electron chi connectivity index (χ0n) is 10.6. The first-order chi connectivity index (χ1) is 8.99. The summed E-state index contributed by atoms with van der Waals surface area (Å²) in [5.41, 5.74) is 6.96. The molecule has 0 amide bonds. The van der Waals surface area contributed by atoms with Crippen LogP contribution in [0.1, 0.15) is 11.6 Å². The van der Waals surface area contributed by atoms with E-state index in [1.807, 2.05) is 11.4 Å². The van der Waals surface area contributed by atoms with Crippen LogP contribution in [0.15, 0.2) is 16.8 Å². The number of thiophene rings is 1. The first-order valence-electron chi connectivity index (χ1n) is 6.25. The largest absolute Gasteiger partial charge is 0.401 e. The second-order valence-corrected chi connectivity index (χ2v) is 5.52. The van der Waals surface area contributed by atoms with E-state index in [1.165, 1.54) is 4.90 Å². The van der Waals surface area contributed by atoms with E-state index in [4.69, 9.17) is 5.73 Å². The lowest BCUT2D eigenvalue weighted by atomic mass is 10.1. The van der Waals surface area contributed by atoms with Gasteiger partial charge in [-0.25, -0.2) is 0 Å². The van der Waals surface area contributed by atoms with Gasteiger partial charge in [0.25, 0.3) is 0 Å². The second kappa shape index (κ2) is 6.21. The van der Waals surface area contributed by atoms with Gasteiger partial charge in [-0.3, -0.25) is 9.80 Å². The van der Waals surface area contributed by atoms with Crippen molar-refractivity contribution in [2.45, 2.75) is 12.2 Å². The topological polar surface area (TPSA) is 32.5 Å².